The van der Waals surface area contributed by atoms with Gasteiger partial charge in [0.15, 0.2) is 0 Å². The van der Waals surface area contributed by atoms with E-state index in [1.54, 1.807) is 0 Å². The number of hydrogen-bond donors (Lipinski definition) is 2. The van der Waals surface area contributed by atoms with Gasteiger partial charge in [0, 0.05) is 24.5 Å². The number of ether oxygens (including phenoxy) is 1. The molecule has 3 rings (SSSR count). The number of anilines is 2. The molecule has 0 spiro atoms. The summed E-state index contributed by atoms with van der Waals surface area (Å²) in [5, 5.41) is 5.28. The van der Waals surface area contributed by atoms with Crippen molar-refractivity contribution in [3.8, 4) is 0 Å². The van der Waals surface area contributed by atoms with Crippen LogP contribution in [0.1, 0.15) is 0 Å². The summed E-state index contributed by atoms with van der Waals surface area (Å²) >= 11 is 1.12. The van der Waals surface area contributed by atoms with Gasteiger partial charge in [-0.1, -0.05) is 0 Å². The van der Waals surface area contributed by atoms with Crippen molar-refractivity contribution < 1.29 is 27.1 Å². The maximum Gasteiger partial charge on any atom is 0.243 e. The standard InChI is InChI=1S/C20H22FN3O5S2/c21-15-1-3-16(4-2-15)22-19(25)13-30-14-20(26)23-17-5-7-18(8-6-17)31(27,28)24-9-11-29-12-10-24/h1-8H,9-14H2,(H,22,25)(H,23,26). The summed E-state index contributed by atoms with van der Waals surface area (Å²) in [4.78, 5) is 24.1. The van der Waals surface area contributed by atoms with Gasteiger partial charge in [-0.25, -0.2) is 12.8 Å². The van der Waals surface area contributed by atoms with E-state index in [1.165, 1.54) is 52.8 Å². The van der Waals surface area contributed by atoms with Crippen molar-refractivity contribution in [2.24, 2.45) is 0 Å². The maximum atomic E-state index is 12.9. The highest BCUT2D eigenvalue weighted by atomic mass is 32.2. The maximum absolute atomic E-state index is 12.9. The van der Waals surface area contributed by atoms with Crippen LogP contribution in [0.25, 0.3) is 0 Å². The predicted octanol–water partition coefficient (Wildman–Crippen LogP) is 2.16. The molecule has 8 nitrogen and oxygen atoms in total. The van der Waals surface area contributed by atoms with Crippen molar-refractivity contribution in [1.82, 2.24) is 4.31 Å². The number of rotatable bonds is 8. The minimum atomic E-state index is -3.59. The third kappa shape index (κ3) is 6.76. The van der Waals surface area contributed by atoms with Gasteiger partial charge in [-0.15, -0.1) is 11.8 Å². The molecule has 1 fully saturated rings. The fourth-order valence-corrected chi connectivity index (χ4v) is 4.84. The van der Waals surface area contributed by atoms with Crippen LogP contribution < -0.4 is 10.6 Å². The van der Waals surface area contributed by atoms with Gasteiger partial charge in [-0.2, -0.15) is 4.31 Å². The number of thioether (sulfide) groups is 1. The number of carbonyl (C=O) groups excluding carboxylic acids is 2. The number of sulfonamides is 1. The third-order valence-electron chi connectivity index (χ3n) is 4.34. The smallest absolute Gasteiger partial charge is 0.243 e. The Labute approximate surface area is 184 Å². The van der Waals surface area contributed by atoms with Gasteiger partial charge >= 0.3 is 0 Å². The zero-order valence-corrected chi connectivity index (χ0v) is 18.2. The first-order valence-corrected chi connectivity index (χ1v) is 12.0. The second-order valence-electron chi connectivity index (χ2n) is 6.64. The van der Waals surface area contributed by atoms with E-state index in [2.05, 4.69) is 10.6 Å². The van der Waals surface area contributed by atoms with E-state index in [9.17, 15) is 22.4 Å². The van der Waals surface area contributed by atoms with Crippen molar-refractivity contribution in [2.45, 2.75) is 4.90 Å². The van der Waals surface area contributed by atoms with Gasteiger partial charge in [0.1, 0.15) is 5.82 Å². The molecule has 1 aliphatic heterocycles. The molecule has 0 aromatic heterocycles. The second kappa shape index (κ2) is 10.7. The van der Waals surface area contributed by atoms with Crippen LogP contribution in [0.4, 0.5) is 15.8 Å². The molecule has 2 aromatic rings. The summed E-state index contributed by atoms with van der Waals surface area (Å²) in [5.74, 6) is -0.909. The van der Waals surface area contributed by atoms with E-state index in [0.29, 0.717) is 37.7 Å². The molecule has 2 amide bonds. The first-order chi connectivity index (χ1) is 14.8. The molecule has 0 unspecified atom stereocenters. The van der Waals surface area contributed by atoms with Gasteiger partial charge in [0.05, 0.1) is 29.6 Å². The fraction of sp³-hybridized carbons (Fsp3) is 0.300. The Balaban J connectivity index is 1.44. The summed E-state index contributed by atoms with van der Waals surface area (Å²) in [6.07, 6.45) is 0. The molecule has 11 heteroatoms. The fourth-order valence-electron chi connectivity index (χ4n) is 2.81. The van der Waals surface area contributed by atoms with E-state index >= 15 is 0 Å². The molecular weight excluding hydrogens is 445 g/mol. The summed E-state index contributed by atoms with van der Waals surface area (Å²) in [6, 6.07) is 11.3. The Kier molecular flexibility index (Phi) is 8.02. The normalized spacial score (nSPS) is 14.7. The Morgan fingerprint density at radius 3 is 1.90 bits per heavy atom. The number of nitrogens with zero attached hydrogens (tertiary/aromatic N) is 1. The van der Waals surface area contributed by atoms with Crippen LogP contribution in [0, 0.1) is 5.82 Å². The predicted molar refractivity (Wildman–Crippen MR) is 117 cm³/mol. The molecule has 0 aliphatic carbocycles. The minimum Gasteiger partial charge on any atom is -0.379 e. The van der Waals surface area contributed by atoms with E-state index in [1.807, 2.05) is 0 Å². The molecule has 0 bridgehead atoms. The van der Waals surface area contributed by atoms with Crippen molar-refractivity contribution >= 4 is 45.0 Å². The first-order valence-electron chi connectivity index (χ1n) is 9.45. The molecular formula is C20H22FN3O5S2. The van der Waals surface area contributed by atoms with Crippen molar-refractivity contribution in [1.29, 1.82) is 0 Å². The van der Waals surface area contributed by atoms with E-state index < -0.39 is 15.8 Å². The van der Waals surface area contributed by atoms with Crippen LogP contribution in [0.5, 0.6) is 0 Å². The van der Waals surface area contributed by atoms with Crippen molar-refractivity contribution in [2.75, 3.05) is 48.4 Å². The Morgan fingerprint density at radius 1 is 0.903 bits per heavy atom. The van der Waals surface area contributed by atoms with Crippen LogP contribution >= 0.6 is 11.8 Å². The Hall–Kier alpha value is -2.47. The molecule has 1 heterocycles. The first kappa shape index (κ1) is 23.2. The number of halogens is 1. The van der Waals surface area contributed by atoms with Crippen LogP contribution in [0.2, 0.25) is 0 Å². The number of morpholine rings is 1. The SMILES string of the molecule is O=C(CSCC(=O)Nc1ccc(S(=O)(=O)N2CCOCC2)cc1)Nc1ccc(F)cc1. The van der Waals surface area contributed by atoms with E-state index in [-0.39, 0.29) is 28.2 Å². The number of amides is 2. The molecule has 31 heavy (non-hydrogen) atoms. The number of nitrogens with one attached hydrogen (secondary N) is 2. The van der Waals surface area contributed by atoms with Crippen LogP contribution in [-0.4, -0.2) is 62.3 Å². The third-order valence-corrected chi connectivity index (χ3v) is 7.19. The highest BCUT2D eigenvalue weighted by molar-refractivity contribution is 8.00. The summed E-state index contributed by atoms with van der Waals surface area (Å²) < 4.78 is 44.6. The highest BCUT2D eigenvalue weighted by Crippen LogP contribution is 2.19. The molecule has 1 saturated heterocycles. The van der Waals surface area contributed by atoms with Gasteiger partial charge in [0.2, 0.25) is 21.8 Å². The average molecular weight is 468 g/mol. The monoisotopic (exact) mass is 467 g/mol. The summed E-state index contributed by atoms with van der Waals surface area (Å²) in [7, 11) is -3.59. The van der Waals surface area contributed by atoms with E-state index in [4.69, 9.17) is 4.74 Å². The minimum absolute atomic E-state index is 0.0463. The average Bonchev–Trinajstić information content (AvgIpc) is 2.76. The molecule has 0 atom stereocenters. The highest BCUT2D eigenvalue weighted by Gasteiger charge is 2.26. The van der Waals surface area contributed by atoms with Gasteiger partial charge in [0.25, 0.3) is 0 Å². The number of carbonyl (C=O) groups is 2. The van der Waals surface area contributed by atoms with Crippen molar-refractivity contribution in [3.05, 3.63) is 54.3 Å². The lowest BCUT2D eigenvalue weighted by atomic mass is 10.3. The molecule has 166 valence electrons. The van der Waals surface area contributed by atoms with Crippen LogP contribution in [0.3, 0.4) is 0 Å². The van der Waals surface area contributed by atoms with Gasteiger partial charge in [-0.3, -0.25) is 9.59 Å². The molecule has 2 N–H and O–H groups in total. The van der Waals surface area contributed by atoms with Gasteiger partial charge < -0.3 is 15.4 Å². The van der Waals surface area contributed by atoms with E-state index in [0.717, 1.165) is 11.8 Å². The molecule has 0 radical (unpaired) electrons. The quantitative estimate of drug-likeness (QED) is 0.617. The molecule has 2 aromatic carbocycles. The zero-order valence-electron chi connectivity index (χ0n) is 16.5. The zero-order chi connectivity index (χ0) is 22.3. The van der Waals surface area contributed by atoms with Crippen molar-refractivity contribution in [3.63, 3.8) is 0 Å². The number of benzene rings is 2. The topological polar surface area (TPSA) is 105 Å². The van der Waals surface area contributed by atoms with Crippen LogP contribution in [-0.2, 0) is 24.3 Å². The van der Waals surface area contributed by atoms with Crippen LogP contribution in [0.15, 0.2) is 53.4 Å². The lowest BCUT2D eigenvalue weighted by molar-refractivity contribution is -0.114. The lowest BCUT2D eigenvalue weighted by Crippen LogP contribution is -2.40. The molecule has 1 aliphatic rings. The largest absolute Gasteiger partial charge is 0.379 e. The Bertz CT molecular complexity index is 1010. The second-order valence-corrected chi connectivity index (χ2v) is 9.56. The summed E-state index contributed by atoms with van der Waals surface area (Å²) in [5.41, 5.74) is 0.936. The van der Waals surface area contributed by atoms with Gasteiger partial charge in [-0.05, 0) is 48.5 Å². The Morgan fingerprint density at radius 2 is 1.39 bits per heavy atom. The lowest BCUT2D eigenvalue weighted by Gasteiger charge is -2.26. The molecule has 0 saturated carbocycles. The summed E-state index contributed by atoms with van der Waals surface area (Å²) in [6.45, 7) is 1.36. The number of hydrogen-bond acceptors (Lipinski definition) is 6.